The van der Waals surface area contributed by atoms with Gasteiger partial charge in [0.15, 0.2) is 0 Å². The third-order valence-corrected chi connectivity index (χ3v) is 5.21. The summed E-state index contributed by atoms with van der Waals surface area (Å²) in [7, 11) is 0. The molecule has 108 valence electrons. The number of carbonyl (C=O) groups is 1. The highest BCUT2D eigenvalue weighted by atomic mass is 16.5. The normalized spacial score (nSPS) is 41.7. The molecule has 1 saturated carbocycles. The smallest absolute Gasteiger partial charge is 0.306 e. The van der Waals surface area contributed by atoms with Crippen LogP contribution in [0, 0.1) is 11.8 Å². The lowest BCUT2D eigenvalue weighted by molar-refractivity contribution is -0.204. The van der Waals surface area contributed by atoms with E-state index >= 15 is 0 Å². The van der Waals surface area contributed by atoms with Crippen molar-refractivity contribution < 1.29 is 24.5 Å². The summed E-state index contributed by atoms with van der Waals surface area (Å²) in [6.07, 6.45) is 4.27. The molecule has 3 rings (SSSR count). The quantitative estimate of drug-likeness (QED) is 0.788. The molecule has 1 atom stereocenters. The third kappa shape index (κ3) is 2.39. The van der Waals surface area contributed by atoms with Gasteiger partial charge in [-0.05, 0) is 44.4 Å². The van der Waals surface area contributed by atoms with Gasteiger partial charge >= 0.3 is 5.97 Å². The summed E-state index contributed by atoms with van der Waals surface area (Å²) >= 11 is 0. The highest BCUT2D eigenvalue weighted by Crippen LogP contribution is 2.50. The van der Waals surface area contributed by atoms with Gasteiger partial charge in [-0.25, -0.2) is 0 Å². The molecule has 2 heterocycles. The van der Waals surface area contributed by atoms with Gasteiger partial charge in [-0.15, -0.1) is 0 Å². The number of ether oxygens (including phenoxy) is 2. The summed E-state index contributed by atoms with van der Waals surface area (Å²) in [5, 5.41) is 19.6. The monoisotopic (exact) mass is 270 g/mol. The summed E-state index contributed by atoms with van der Waals surface area (Å²) in [5.41, 5.74) is -0.913. The van der Waals surface area contributed by atoms with Crippen molar-refractivity contribution in [3.8, 4) is 0 Å². The van der Waals surface area contributed by atoms with E-state index in [1.54, 1.807) is 0 Å². The zero-order chi connectivity index (χ0) is 13.5. The van der Waals surface area contributed by atoms with Crippen molar-refractivity contribution in [1.29, 1.82) is 0 Å². The molecule has 3 aliphatic rings. The first-order valence-corrected chi connectivity index (χ1v) is 7.20. The molecule has 1 aliphatic carbocycles. The average Bonchev–Trinajstić information content (AvgIpc) is 2.35. The highest BCUT2D eigenvalue weighted by Gasteiger charge is 2.54. The molecule has 2 saturated heterocycles. The Labute approximate surface area is 112 Å². The second kappa shape index (κ2) is 4.72. The van der Waals surface area contributed by atoms with Crippen molar-refractivity contribution in [2.24, 2.45) is 11.8 Å². The standard InChI is InChI=1S/C14H22O5/c15-12(16)10-7-14(17,8-10)11-1-4-19-13(9-11)2-5-18-6-3-13/h10-11,17H,1-9H2,(H,15,16). The SMILES string of the molecule is O=C(O)C1CC(O)(C2CCOC3(CCOCC3)C2)C1. The predicted octanol–water partition coefficient (Wildman–Crippen LogP) is 1.19. The molecule has 19 heavy (non-hydrogen) atoms. The van der Waals surface area contributed by atoms with E-state index in [-0.39, 0.29) is 17.4 Å². The zero-order valence-corrected chi connectivity index (χ0v) is 11.1. The lowest BCUT2D eigenvalue weighted by Crippen LogP contribution is -2.57. The van der Waals surface area contributed by atoms with Crippen molar-refractivity contribution in [3.63, 3.8) is 0 Å². The van der Waals surface area contributed by atoms with Crippen molar-refractivity contribution >= 4 is 5.97 Å². The van der Waals surface area contributed by atoms with Gasteiger partial charge in [0.05, 0.1) is 17.1 Å². The summed E-state index contributed by atoms with van der Waals surface area (Å²) < 4.78 is 11.4. The Bertz CT molecular complexity index is 349. The first kappa shape index (κ1) is 13.3. The van der Waals surface area contributed by atoms with Crippen LogP contribution >= 0.6 is 0 Å². The Hall–Kier alpha value is -0.650. The van der Waals surface area contributed by atoms with E-state index in [4.69, 9.17) is 14.6 Å². The van der Waals surface area contributed by atoms with E-state index in [1.165, 1.54) is 0 Å². The number of hydrogen-bond donors (Lipinski definition) is 2. The van der Waals surface area contributed by atoms with Crippen LogP contribution in [0.1, 0.15) is 38.5 Å². The third-order valence-electron chi connectivity index (χ3n) is 5.21. The van der Waals surface area contributed by atoms with Gasteiger partial charge in [0, 0.05) is 19.8 Å². The van der Waals surface area contributed by atoms with Gasteiger partial charge in [-0.1, -0.05) is 0 Å². The van der Waals surface area contributed by atoms with Crippen molar-refractivity contribution in [1.82, 2.24) is 0 Å². The van der Waals surface area contributed by atoms with Gasteiger partial charge < -0.3 is 19.7 Å². The molecule has 1 spiro atoms. The Kier molecular flexibility index (Phi) is 3.31. The average molecular weight is 270 g/mol. The van der Waals surface area contributed by atoms with E-state index < -0.39 is 11.6 Å². The van der Waals surface area contributed by atoms with Crippen LogP contribution in [-0.4, -0.2) is 47.2 Å². The molecule has 1 unspecified atom stereocenters. The molecule has 3 fully saturated rings. The zero-order valence-electron chi connectivity index (χ0n) is 11.1. The van der Waals surface area contributed by atoms with Crippen molar-refractivity contribution in [2.75, 3.05) is 19.8 Å². The van der Waals surface area contributed by atoms with Gasteiger partial charge in [0.1, 0.15) is 0 Å². The molecule has 2 N–H and O–H groups in total. The molecule has 5 nitrogen and oxygen atoms in total. The van der Waals surface area contributed by atoms with Crippen LogP contribution in [0.2, 0.25) is 0 Å². The maximum atomic E-state index is 10.9. The topological polar surface area (TPSA) is 76.0 Å². The Balaban J connectivity index is 1.64. The van der Waals surface area contributed by atoms with E-state index in [0.29, 0.717) is 19.4 Å². The Morgan fingerprint density at radius 1 is 1.11 bits per heavy atom. The molecule has 0 radical (unpaired) electrons. The summed E-state index contributed by atoms with van der Waals surface area (Å²) in [6.45, 7) is 2.12. The summed E-state index contributed by atoms with van der Waals surface area (Å²) in [4.78, 5) is 10.9. The fourth-order valence-electron chi connectivity index (χ4n) is 3.88. The highest BCUT2D eigenvalue weighted by molar-refractivity contribution is 5.71. The second-order valence-electron chi connectivity index (χ2n) is 6.38. The number of carboxylic acid groups (broad SMARTS) is 1. The fourth-order valence-corrected chi connectivity index (χ4v) is 3.88. The maximum Gasteiger partial charge on any atom is 0.306 e. The van der Waals surface area contributed by atoms with Gasteiger partial charge in [-0.2, -0.15) is 0 Å². The molecular weight excluding hydrogens is 248 g/mol. The number of aliphatic hydroxyl groups is 1. The summed E-state index contributed by atoms with van der Waals surface area (Å²) in [5.74, 6) is -0.967. The molecular formula is C14H22O5. The molecule has 0 aromatic heterocycles. The van der Waals surface area contributed by atoms with Crippen LogP contribution in [0.15, 0.2) is 0 Å². The first-order chi connectivity index (χ1) is 9.03. The van der Waals surface area contributed by atoms with E-state index in [2.05, 4.69) is 0 Å². The molecule has 0 amide bonds. The minimum Gasteiger partial charge on any atom is -0.481 e. The molecule has 0 aromatic carbocycles. The lowest BCUT2D eigenvalue weighted by Gasteiger charge is -2.52. The van der Waals surface area contributed by atoms with Gasteiger partial charge in [-0.3, -0.25) is 4.79 Å². The Morgan fingerprint density at radius 2 is 1.79 bits per heavy atom. The van der Waals surface area contributed by atoms with Crippen LogP contribution in [0.3, 0.4) is 0 Å². The van der Waals surface area contributed by atoms with E-state index in [1.807, 2.05) is 0 Å². The largest absolute Gasteiger partial charge is 0.481 e. The second-order valence-corrected chi connectivity index (χ2v) is 6.38. The van der Waals surface area contributed by atoms with Gasteiger partial charge in [0.25, 0.3) is 0 Å². The number of rotatable bonds is 2. The van der Waals surface area contributed by atoms with Crippen molar-refractivity contribution in [2.45, 2.75) is 49.7 Å². The van der Waals surface area contributed by atoms with Crippen LogP contribution < -0.4 is 0 Å². The Morgan fingerprint density at radius 3 is 2.42 bits per heavy atom. The maximum absolute atomic E-state index is 10.9. The fraction of sp³-hybridized carbons (Fsp3) is 0.929. The predicted molar refractivity (Wildman–Crippen MR) is 66.8 cm³/mol. The van der Waals surface area contributed by atoms with E-state index in [0.717, 1.165) is 38.9 Å². The van der Waals surface area contributed by atoms with Crippen LogP contribution in [0.5, 0.6) is 0 Å². The van der Waals surface area contributed by atoms with Crippen LogP contribution in [-0.2, 0) is 14.3 Å². The first-order valence-electron chi connectivity index (χ1n) is 7.20. The minimum atomic E-state index is -0.780. The number of carboxylic acids is 1. The number of aliphatic carboxylic acids is 1. The molecule has 0 aromatic rings. The molecule has 5 heteroatoms. The van der Waals surface area contributed by atoms with Crippen LogP contribution in [0.4, 0.5) is 0 Å². The molecule has 0 bridgehead atoms. The number of hydrogen-bond acceptors (Lipinski definition) is 4. The van der Waals surface area contributed by atoms with E-state index in [9.17, 15) is 9.90 Å². The minimum absolute atomic E-state index is 0.134. The van der Waals surface area contributed by atoms with Crippen molar-refractivity contribution in [3.05, 3.63) is 0 Å². The molecule has 2 aliphatic heterocycles. The summed E-state index contributed by atoms with van der Waals surface area (Å²) in [6, 6.07) is 0. The van der Waals surface area contributed by atoms with Gasteiger partial charge in [0.2, 0.25) is 0 Å². The van der Waals surface area contributed by atoms with Crippen LogP contribution in [0.25, 0.3) is 0 Å². The lowest BCUT2D eigenvalue weighted by atomic mass is 9.60.